The average Bonchev–Trinajstić information content (AvgIpc) is 2.43. The van der Waals surface area contributed by atoms with E-state index in [1.807, 2.05) is 36.9 Å². The molecule has 0 aliphatic carbocycles. The summed E-state index contributed by atoms with van der Waals surface area (Å²) >= 11 is 0. The number of carbonyl (C=O) groups excluding carboxylic acids is 1. The van der Waals surface area contributed by atoms with Crippen LogP contribution in [0.25, 0.3) is 0 Å². The molecule has 4 heteroatoms. The Morgan fingerprint density at radius 2 is 2.25 bits per heavy atom. The van der Waals surface area contributed by atoms with Gasteiger partial charge in [0.05, 0.1) is 13.2 Å². The van der Waals surface area contributed by atoms with Crippen LogP contribution in [0.15, 0.2) is 18.2 Å². The van der Waals surface area contributed by atoms with Gasteiger partial charge in [0.25, 0.3) is 0 Å². The molecule has 2 N–H and O–H groups in total. The first-order valence-electron chi connectivity index (χ1n) is 7.22. The normalized spacial score (nSPS) is 20.9. The molecule has 2 unspecified atom stereocenters. The minimum Gasteiger partial charge on any atom is -0.496 e. The number of aryl methyl sites for hydroxylation is 1. The highest BCUT2D eigenvalue weighted by molar-refractivity contribution is 5.79. The minimum atomic E-state index is -0.209. The van der Waals surface area contributed by atoms with Crippen molar-refractivity contribution in [3.05, 3.63) is 29.3 Å². The first kappa shape index (κ1) is 14.9. The quantitative estimate of drug-likeness (QED) is 0.917. The van der Waals surface area contributed by atoms with Crippen molar-refractivity contribution in [1.29, 1.82) is 0 Å². The minimum absolute atomic E-state index is 0.121. The summed E-state index contributed by atoms with van der Waals surface area (Å²) in [6.45, 7) is 5.39. The molecule has 1 aromatic rings. The molecular weight excluding hydrogens is 252 g/mol. The molecule has 0 saturated carbocycles. The van der Waals surface area contributed by atoms with Crippen LogP contribution < -0.4 is 10.5 Å². The van der Waals surface area contributed by atoms with Crippen LogP contribution in [-0.4, -0.2) is 31.0 Å². The molecule has 0 aromatic heterocycles. The number of rotatable bonds is 4. The van der Waals surface area contributed by atoms with E-state index in [0.717, 1.165) is 36.3 Å². The molecule has 110 valence electrons. The number of nitrogens with two attached hydrogens (primary N) is 1. The molecule has 1 saturated heterocycles. The lowest BCUT2D eigenvalue weighted by molar-refractivity contribution is -0.138. The maximum absolute atomic E-state index is 12.2. The molecular formula is C16H24N2O2. The van der Waals surface area contributed by atoms with Gasteiger partial charge >= 0.3 is 0 Å². The van der Waals surface area contributed by atoms with Gasteiger partial charge in [-0.25, -0.2) is 0 Å². The van der Waals surface area contributed by atoms with Crippen molar-refractivity contribution < 1.29 is 9.53 Å². The lowest BCUT2D eigenvalue weighted by atomic mass is 9.97. The SMILES string of the molecule is COc1ccc(C)cc1C(N)CN1CCCC(C)C1=O. The number of hydrogen-bond acceptors (Lipinski definition) is 3. The number of likely N-dealkylation sites (tertiary alicyclic amines) is 1. The molecule has 1 fully saturated rings. The summed E-state index contributed by atoms with van der Waals surface area (Å²) in [6.07, 6.45) is 2.04. The zero-order valence-corrected chi connectivity index (χ0v) is 12.6. The molecule has 1 amide bonds. The Kier molecular flexibility index (Phi) is 4.65. The van der Waals surface area contributed by atoms with Gasteiger partial charge in [-0.3, -0.25) is 4.79 Å². The Labute approximate surface area is 120 Å². The molecule has 2 rings (SSSR count). The molecule has 1 heterocycles. The van der Waals surface area contributed by atoms with Crippen molar-refractivity contribution in [2.45, 2.75) is 32.7 Å². The summed E-state index contributed by atoms with van der Waals surface area (Å²) in [5, 5.41) is 0. The molecule has 1 aromatic carbocycles. The number of benzene rings is 1. The third-order valence-electron chi connectivity index (χ3n) is 4.00. The molecule has 0 bridgehead atoms. The molecule has 20 heavy (non-hydrogen) atoms. The second kappa shape index (κ2) is 6.27. The standard InChI is InChI=1S/C16H24N2O2/c1-11-6-7-15(20-3)13(9-11)14(17)10-18-8-4-5-12(2)16(18)19/h6-7,9,12,14H,4-5,8,10,17H2,1-3H3. The second-order valence-corrected chi connectivity index (χ2v) is 5.68. The largest absolute Gasteiger partial charge is 0.496 e. The molecule has 4 nitrogen and oxygen atoms in total. The highest BCUT2D eigenvalue weighted by Gasteiger charge is 2.27. The third kappa shape index (κ3) is 3.12. The number of methoxy groups -OCH3 is 1. The van der Waals surface area contributed by atoms with Crippen molar-refractivity contribution >= 4 is 5.91 Å². The Morgan fingerprint density at radius 3 is 2.95 bits per heavy atom. The molecule has 1 aliphatic heterocycles. The molecule has 1 aliphatic rings. The summed E-state index contributed by atoms with van der Waals surface area (Å²) in [4.78, 5) is 14.0. The van der Waals surface area contributed by atoms with E-state index in [0.29, 0.717) is 6.54 Å². The van der Waals surface area contributed by atoms with Gasteiger partial charge in [0, 0.05) is 24.6 Å². The van der Waals surface area contributed by atoms with Crippen molar-refractivity contribution in [2.24, 2.45) is 11.7 Å². The Morgan fingerprint density at radius 1 is 1.50 bits per heavy atom. The van der Waals surface area contributed by atoms with Gasteiger partial charge in [0.1, 0.15) is 5.75 Å². The first-order valence-corrected chi connectivity index (χ1v) is 7.22. The molecule has 2 atom stereocenters. The monoisotopic (exact) mass is 276 g/mol. The predicted octanol–water partition coefficient (Wildman–Crippen LogP) is 2.26. The number of hydrogen-bond donors (Lipinski definition) is 1. The van der Waals surface area contributed by atoms with Crippen LogP contribution in [0.2, 0.25) is 0 Å². The van der Waals surface area contributed by atoms with E-state index in [1.54, 1.807) is 7.11 Å². The van der Waals surface area contributed by atoms with Crippen molar-refractivity contribution in [1.82, 2.24) is 4.90 Å². The fraction of sp³-hybridized carbons (Fsp3) is 0.562. The van der Waals surface area contributed by atoms with E-state index in [4.69, 9.17) is 10.5 Å². The van der Waals surface area contributed by atoms with Gasteiger partial charge < -0.3 is 15.4 Å². The van der Waals surface area contributed by atoms with Crippen molar-refractivity contribution in [2.75, 3.05) is 20.2 Å². The summed E-state index contributed by atoms with van der Waals surface area (Å²) in [7, 11) is 1.65. The predicted molar refractivity (Wildman–Crippen MR) is 79.6 cm³/mol. The number of carbonyl (C=O) groups is 1. The summed E-state index contributed by atoms with van der Waals surface area (Å²) < 4.78 is 5.38. The lowest BCUT2D eigenvalue weighted by Crippen LogP contribution is -2.43. The zero-order chi connectivity index (χ0) is 14.7. The third-order valence-corrected chi connectivity index (χ3v) is 4.00. The van der Waals surface area contributed by atoms with Crippen LogP contribution in [0.5, 0.6) is 5.75 Å². The zero-order valence-electron chi connectivity index (χ0n) is 12.6. The van der Waals surface area contributed by atoms with Gasteiger partial charge in [-0.05, 0) is 25.8 Å². The average molecular weight is 276 g/mol. The van der Waals surface area contributed by atoms with Gasteiger partial charge in [-0.2, -0.15) is 0 Å². The van der Waals surface area contributed by atoms with Gasteiger partial charge in [0.2, 0.25) is 5.91 Å². The maximum Gasteiger partial charge on any atom is 0.225 e. The van der Waals surface area contributed by atoms with Gasteiger partial charge in [-0.15, -0.1) is 0 Å². The van der Waals surface area contributed by atoms with Gasteiger partial charge in [0.15, 0.2) is 0 Å². The Bertz CT molecular complexity index is 487. The van der Waals surface area contributed by atoms with Crippen molar-refractivity contribution in [3.63, 3.8) is 0 Å². The Balaban J connectivity index is 2.13. The molecule has 0 spiro atoms. The summed E-state index contributed by atoms with van der Waals surface area (Å²) in [5.74, 6) is 1.13. The van der Waals surface area contributed by atoms with Crippen LogP contribution in [0.4, 0.5) is 0 Å². The Hall–Kier alpha value is -1.55. The lowest BCUT2D eigenvalue weighted by Gasteiger charge is -2.33. The van der Waals surface area contributed by atoms with Crippen LogP contribution in [0.1, 0.15) is 36.9 Å². The smallest absolute Gasteiger partial charge is 0.225 e. The maximum atomic E-state index is 12.2. The van der Waals surface area contributed by atoms with E-state index in [2.05, 4.69) is 0 Å². The number of amides is 1. The summed E-state index contributed by atoms with van der Waals surface area (Å²) in [5.41, 5.74) is 8.42. The highest BCUT2D eigenvalue weighted by Crippen LogP contribution is 2.27. The van der Waals surface area contributed by atoms with E-state index in [9.17, 15) is 4.79 Å². The van der Waals surface area contributed by atoms with E-state index in [-0.39, 0.29) is 17.9 Å². The summed E-state index contributed by atoms with van der Waals surface area (Å²) in [6, 6.07) is 5.77. The second-order valence-electron chi connectivity index (χ2n) is 5.68. The molecule has 0 radical (unpaired) electrons. The van der Waals surface area contributed by atoms with Gasteiger partial charge in [-0.1, -0.05) is 24.6 Å². The van der Waals surface area contributed by atoms with Crippen LogP contribution >= 0.6 is 0 Å². The van der Waals surface area contributed by atoms with E-state index >= 15 is 0 Å². The number of piperidine rings is 1. The fourth-order valence-electron chi connectivity index (χ4n) is 2.79. The number of ether oxygens (including phenoxy) is 1. The fourth-order valence-corrected chi connectivity index (χ4v) is 2.79. The highest BCUT2D eigenvalue weighted by atomic mass is 16.5. The first-order chi connectivity index (χ1) is 9.52. The van der Waals surface area contributed by atoms with E-state index < -0.39 is 0 Å². The van der Waals surface area contributed by atoms with Crippen LogP contribution in [-0.2, 0) is 4.79 Å². The van der Waals surface area contributed by atoms with Crippen LogP contribution in [0.3, 0.4) is 0 Å². The van der Waals surface area contributed by atoms with Crippen LogP contribution in [0, 0.1) is 12.8 Å². The van der Waals surface area contributed by atoms with Crippen molar-refractivity contribution in [3.8, 4) is 5.75 Å². The number of nitrogens with zero attached hydrogens (tertiary/aromatic N) is 1. The topological polar surface area (TPSA) is 55.6 Å². The van der Waals surface area contributed by atoms with E-state index in [1.165, 1.54) is 0 Å².